The van der Waals surface area contributed by atoms with Gasteiger partial charge in [-0.25, -0.2) is 4.98 Å². The number of rotatable bonds is 5. The van der Waals surface area contributed by atoms with E-state index in [1.165, 1.54) is 6.42 Å². The summed E-state index contributed by atoms with van der Waals surface area (Å²) >= 11 is 0. The molecule has 1 spiro atoms. The monoisotopic (exact) mass is 479 g/mol. The smallest absolute Gasteiger partial charge is 0.268 e. The predicted molar refractivity (Wildman–Crippen MR) is 137 cm³/mol. The van der Waals surface area contributed by atoms with E-state index < -0.39 is 0 Å². The summed E-state index contributed by atoms with van der Waals surface area (Å²) in [6, 6.07) is 2.50. The van der Waals surface area contributed by atoms with Crippen molar-refractivity contribution in [2.24, 2.45) is 11.5 Å². The molecule has 2 aromatic heterocycles. The molecule has 0 atom stereocenters. The third kappa shape index (κ3) is 4.54. The van der Waals surface area contributed by atoms with Crippen LogP contribution in [0.4, 0.5) is 5.95 Å². The van der Waals surface area contributed by atoms with Crippen LogP contribution in [-0.4, -0.2) is 70.0 Å². The van der Waals surface area contributed by atoms with E-state index >= 15 is 0 Å². The molecule has 0 bridgehead atoms. The zero-order chi connectivity index (χ0) is 24.6. The Morgan fingerprint density at radius 2 is 1.94 bits per heavy atom. The van der Waals surface area contributed by atoms with Crippen molar-refractivity contribution >= 4 is 22.9 Å². The maximum atomic E-state index is 12.6. The Bertz CT molecular complexity index is 1150. The maximum Gasteiger partial charge on any atom is 0.268 e. The molecule has 0 unspecified atom stereocenters. The average Bonchev–Trinajstić information content (AvgIpc) is 3.26. The Hall–Kier alpha value is -3.27. The number of nitrogens with zero attached hydrogens (tertiary/aromatic N) is 5. The van der Waals surface area contributed by atoms with E-state index in [2.05, 4.69) is 44.1 Å². The van der Waals surface area contributed by atoms with Gasteiger partial charge < -0.3 is 36.5 Å². The number of aromatic nitrogens is 3. The highest BCUT2D eigenvalue weighted by atomic mass is 16.2. The molecule has 6 N–H and O–H groups in total. The van der Waals surface area contributed by atoms with E-state index in [1.807, 2.05) is 12.1 Å². The number of carbonyl (C=O) groups is 1. The van der Waals surface area contributed by atoms with Crippen LogP contribution < -0.4 is 22.1 Å². The Balaban J connectivity index is 1.34. The first-order valence-corrected chi connectivity index (χ1v) is 12.6. The first-order valence-electron chi connectivity index (χ1n) is 12.6. The Morgan fingerprint density at radius 1 is 1.20 bits per heavy atom. The number of piperidine rings is 1. The van der Waals surface area contributed by atoms with Crippen LogP contribution in [0.3, 0.4) is 0 Å². The van der Waals surface area contributed by atoms with Gasteiger partial charge in [0.05, 0.1) is 11.4 Å². The summed E-state index contributed by atoms with van der Waals surface area (Å²) < 4.78 is 2.16. The topological polar surface area (TPSA) is 130 Å². The zero-order valence-electron chi connectivity index (χ0n) is 20.8. The van der Waals surface area contributed by atoms with E-state index in [4.69, 9.17) is 16.5 Å². The third-order valence-corrected chi connectivity index (χ3v) is 7.86. The molecule has 5 rings (SSSR count). The van der Waals surface area contributed by atoms with Crippen molar-refractivity contribution in [2.75, 3.05) is 39.0 Å². The van der Waals surface area contributed by atoms with Gasteiger partial charge in [0, 0.05) is 37.3 Å². The molecule has 0 radical (unpaired) electrons. The predicted octanol–water partition coefficient (Wildman–Crippen LogP) is 1.87. The highest BCUT2D eigenvalue weighted by molar-refractivity contribution is 5.99. The van der Waals surface area contributed by atoms with Crippen LogP contribution in [0.2, 0.25) is 0 Å². The molecule has 4 heterocycles. The van der Waals surface area contributed by atoms with Crippen LogP contribution in [0.5, 0.6) is 0 Å². The zero-order valence-corrected chi connectivity index (χ0v) is 20.8. The van der Waals surface area contributed by atoms with Crippen LogP contribution in [0.25, 0.3) is 11.0 Å². The van der Waals surface area contributed by atoms with Gasteiger partial charge in [0.15, 0.2) is 0 Å². The van der Waals surface area contributed by atoms with Crippen molar-refractivity contribution in [3.63, 3.8) is 0 Å². The van der Waals surface area contributed by atoms with E-state index in [9.17, 15) is 4.79 Å². The van der Waals surface area contributed by atoms with Gasteiger partial charge >= 0.3 is 0 Å². The van der Waals surface area contributed by atoms with Crippen LogP contribution >= 0.6 is 0 Å². The van der Waals surface area contributed by atoms with Crippen LogP contribution in [-0.2, 0) is 5.54 Å². The number of nitrogens with one attached hydrogen (secondary N) is 2. The van der Waals surface area contributed by atoms with Crippen LogP contribution in [0.1, 0.15) is 55.4 Å². The number of nitrogens with two attached hydrogens (primary N) is 2. The molecule has 10 nitrogen and oxygen atoms in total. The van der Waals surface area contributed by atoms with Gasteiger partial charge in [0.1, 0.15) is 17.2 Å². The van der Waals surface area contributed by atoms with Gasteiger partial charge in [0.2, 0.25) is 5.95 Å². The minimum atomic E-state index is -0.118. The largest absolute Gasteiger partial charge is 0.385 e. The van der Waals surface area contributed by atoms with Crippen LogP contribution in [0, 0.1) is 0 Å². The molecule has 2 fully saturated rings. The lowest BCUT2D eigenvalue weighted by molar-refractivity contribution is 0.0833. The molecule has 10 heteroatoms. The quantitative estimate of drug-likeness (QED) is 0.478. The molecule has 2 aliphatic heterocycles. The number of carbonyl (C=O) groups excluding carboxylic acids is 1. The van der Waals surface area contributed by atoms with E-state index in [-0.39, 0.29) is 11.4 Å². The van der Waals surface area contributed by atoms with Gasteiger partial charge in [0.25, 0.3) is 5.91 Å². The van der Waals surface area contributed by atoms with Crippen LogP contribution in [0.15, 0.2) is 36.1 Å². The second-order valence-electron chi connectivity index (χ2n) is 10.3. The second-order valence-corrected chi connectivity index (χ2v) is 10.3. The van der Waals surface area contributed by atoms with Crippen molar-refractivity contribution in [3.8, 4) is 0 Å². The number of anilines is 1. The number of amides is 1. The molecule has 1 aliphatic carbocycles. The number of hydrogen-bond acceptors (Lipinski definition) is 8. The molecule has 2 aromatic rings. The summed E-state index contributed by atoms with van der Waals surface area (Å²) in [6.07, 6.45) is 13.1. The number of hydrogen-bond donors (Lipinski definition) is 4. The highest BCUT2D eigenvalue weighted by Gasteiger charge is 2.41. The van der Waals surface area contributed by atoms with E-state index in [0.29, 0.717) is 35.9 Å². The van der Waals surface area contributed by atoms with Crippen molar-refractivity contribution in [1.29, 1.82) is 0 Å². The van der Waals surface area contributed by atoms with E-state index in [0.717, 1.165) is 62.6 Å². The van der Waals surface area contributed by atoms with Gasteiger partial charge in [-0.2, -0.15) is 4.98 Å². The number of fused-ring (bicyclic) bond motifs is 4. The fourth-order valence-corrected chi connectivity index (χ4v) is 5.81. The molecular formula is C25H37N9O. The number of allylic oxidation sites excluding steroid dienone is 2. The first kappa shape index (κ1) is 23.5. The second kappa shape index (κ2) is 9.41. The average molecular weight is 480 g/mol. The molecule has 1 saturated carbocycles. The Morgan fingerprint density at radius 3 is 2.66 bits per heavy atom. The van der Waals surface area contributed by atoms with Gasteiger partial charge in [-0.15, -0.1) is 0 Å². The summed E-state index contributed by atoms with van der Waals surface area (Å²) in [5.74, 6) is 1.46. The molecule has 188 valence electrons. The Kier molecular flexibility index (Phi) is 6.31. The van der Waals surface area contributed by atoms with Gasteiger partial charge in [-0.1, -0.05) is 19.3 Å². The summed E-state index contributed by atoms with van der Waals surface area (Å²) in [7, 11) is 4.25. The lowest BCUT2D eigenvalue weighted by Gasteiger charge is -2.42. The Labute approximate surface area is 206 Å². The standard InChI is InChI=1S/C25H37N9O/c1-32(2)18-8-12-33(13-9-18)21(27)7-6-20(26)30-24-28-15-17-14-19-23(35)29-16-25(10-4-3-5-11-25)34(19)22(17)31-24/h6-7,14-15,18H,3-5,8-13,16,26-27H2,1-2H3,(H,29,35)(H,28,30,31)/b20-6+,21-7+. The lowest BCUT2D eigenvalue weighted by Crippen LogP contribution is -2.52. The summed E-state index contributed by atoms with van der Waals surface area (Å²) in [5.41, 5.74) is 13.9. The number of likely N-dealkylation sites (tertiary alicyclic amines) is 1. The summed E-state index contributed by atoms with van der Waals surface area (Å²) in [6.45, 7) is 2.51. The minimum Gasteiger partial charge on any atom is -0.385 e. The fraction of sp³-hybridized carbons (Fsp3) is 0.560. The van der Waals surface area contributed by atoms with Gasteiger partial charge in [-0.05, 0) is 58.0 Å². The van der Waals surface area contributed by atoms with Gasteiger partial charge in [-0.3, -0.25) is 4.79 Å². The molecular weight excluding hydrogens is 442 g/mol. The minimum absolute atomic E-state index is 0.0525. The molecule has 1 saturated heterocycles. The summed E-state index contributed by atoms with van der Waals surface area (Å²) in [5, 5.41) is 7.04. The lowest BCUT2D eigenvalue weighted by atomic mass is 9.80. The van der Waals surface area contributed by atoms with E-state index in [1.54, 1.807) is 12.3 Å². The third-order valence-electron chi connectivity index (χ3n) is 7.86. The summed E-state index contributed by atoms with van der Waals surface area (Å²) in [4.78, 5) is 26.3. The van der Waals surface area contributed by atoms with Crippen molar-refractivity contribution in [1.82, 2.24) is 29.7 Å². The molecule has 1 amide bonds. The normalized spacial score (nSPS) is 21.5. The maximum absolute atomic E-state index is 12.6. The highest BCUT2D eigenvalue weighted by Crippen LogP contribution is 2.40. The first-order chi connectivity index (χ1) is 16.9. The SMILES string of the molecule is CN(C)C1CCN(/C(N)=C/C=C(\N)Nc2ncc3cc4n(c3n2)C2(CCCCC2)CNC4=O)CC1. The fourth-order valence-electron chi connectivity index (χ4n) is 5.81. The molecule has 0 aromatic carbocycles. The van der Waals surface area contributed by atoms with Crippen molar-refractivity contribution in [3.05, 3.63) is 41.8 Å². The van der Waals surface area contributed by atoms with Crippen molar-refractivity contribution in [2.45, 2.75) is 56.5 Å². The molecule has 3 aliphatic rings. The van der Waals surface area contributed by atoms with Crippen molar-refractivity contribution < 1.29 is 4.79 Å². The molecule has 35 heavy (non-hydrogen) atoms.